The second kappa shape index (κ2) is 4.11. The van der Waals surface area contributed by atoms with Crippen LogP contribution < -0.4 is 11.5 Å². The van der Waals surface area contributed by atoms with Crippen LogP contribution in [0.25, 0.3) is 0 Å². The molecular formula is C12H13F4N3. The van der Waals surface area contributed by atoms with Gasteiger partial charge in [0.05, 0.1) is 17.3 Å². The van der Waals surface area contributed by atoms with Gasteiger partial charge >= 0.3 is 6.18 Å². The molecule has 1 aromatic carbocycles. The summed E-state index contributed by atoms with van der Waals surface area (Å²) in [5.41, 5.74) is 9.15. The van der Waals surface area contributed by atoms with E-state index in [-0.39, 0.29) is 17.1 Å². The molecule has 1 aliphatic rings. The molecule has 1 aromatic rings. The van der Waals surface area contributed by atoms with Gasteiger partial charge in [-0.25, -0.2) is 4.39 Å². The van der Waals surface area contributed by atoms with Crippen molar-refractivity contribution in [2.45, 2.75) is 25.1 Å². The molecule has 2 rings (SSSR count). The Morgan fingerprint density at radius 2 is 1.95 bits per heavy atom. The lowest BCUT2D eigenvalue weighted by atomic mass is 9.79. The first kappa shape index (κ1) is 13.6. The van der Waals surface area contributed by atoms with Crippen molar-refractivity contribution in [3.05, 3.63) is 29.6 Å². The summed E-state index contributed by atoms with van der Waals surface area (Å²) < 4.78 is 53.0. The first-order valence-corrected chi connectivity index (χ1v) is 5.61. The molecule has 0 amide bonds. The minimum Gasteiger partial charge on any atom is -0.399 e. The molecule has 0 bridgehead atoms. The number of alkyl halides is 3. The third-order valence-corrected chi connectivity index (χ3v) is 3.40. The summed E-state index contributed by atoms with van der Waals surface area (Å²) in [6.07, 6.45) is -4.95. The van der Waals surface area contributed by atoms with E-state index in [9.17, 15) is 17.6 Å². The maximum Gasteiger partial charge on any atom is 0.394 e. The molecule has 104 valence electrons. The van der Waals surface area contributed by atoms with Crippen molar-refractivity contribution < 1.29 is 17.6 Å². The average Bonchev–Trinajstić information content (AvgIpc) is 2.58. The van der Waals surface area contributed by atoms with Crippen LogP contribution in [0.5, 0.6) is 0 Å². The van der Waals surface area contributed by atoms with Crippen LogP contribution in [0.15, 0.2) is 23.2 Å². The van der Waals surface area contributed by atoms with E-state index in [1.807, 2.05) is 0 Å². The van der Waals surface area contributed by atoms with Gasteiger partial charge in [-0.05, 0) is 25.1 Å². The summed E-state index contributed by atoms with van der Waals surface area (Å²) in [5.74, 6) is -2.76. The largest absolute Gasteiger partial charge is 0.399 e. The number of nitrogens with two attached hydrogens (primary N) is 2. The van der Waals surface area contributed by atoms with Gasteiger partial charge in [-0.1, -0.05) is 0 Å². The lowest BCUT2D eigenvalue weighted by molar-refractivity contribution is -0.187. The van der Waals surface area contributed by atoms with Crippen LogP contribution >= 0.6 is 0 Å². The van der Waals surface area contributed by atoms with Crippen LogP contribution in [0, 0.1) is 11.7 Å². The first-order valence-electron chi connectivity index (χ1n) is 5.61. The van der Waals surface area contributed by atoms with Gasteiger partial charge in [-0.3, -0.25) is 4.99 Å². The Morgan fingerprint density at radius 3 is 2.53 bits per heavy atom. The van der Waals surface area contributed by atoms with E-state index in [1.54, 1.807) is 0 Å². The maximum absolute atomic E-state index is 13.8. The second-order valence-electron chi connectivity index (χ2n) is 4.79. The molecule has 0 radical (unpaired) electrons. The van der Waals surface area contributed by atoms with Crippen molar-refractivity contribution in [1.29, 1.82) is 0 Å². The monoisotopic (exact) mass is 275 g/mol. The Labute approximate surface area is 107 Å². The van der Waals surface area contributed by atoms with E-state index in [2.05, 4.69) is 4.99 Å². The summed E-state index contributed by atoms with van der Waals surface area (Å²) in [5, 5.41) is 0. The van der Waals surface area contributed by atoms with Gasteiger partial charge in [0.15, 0.2) is 0 Å². The van der Waals surface area contributed by atoms with Crippen LogP contribution in [0.3, 0.4) is 0 Å². The summed E-state index contributed by atoms with van der Waals surface area (Å²) in [6, 6.07) is 3.50. The Morgan fingerprint density at radius 1 is 1.32 bits per heavy atom. The molecule has 0 aromatic heterocycles. The average molecular weight is 275 g/mol. The molecule has 4 N–H and O–H groups in total. The number of amidine groups is 1. The Kier molecular flexibility index (Phi) is 2.95. The molecule has 1 heterocycles. The van der Waals surface area contributed by atoms with Gasteiger partial charge in [0.2, 0.25) is 0 Å². The number of nitrogen functional groups attached to an aromatic ring is 1. The summed E-state index contributed by atoms with van der Waals surface area (Å²) in [4.78, 5) is 3.82. The summed E-state index contributed by atoms with van der Waals surface area (Å²) in [7, 11) is 0. The first-order chi connectivity index (χ1) is 8.64. The Bertz CT molecular complexity index is 538. The number of hydrogen-bond acceptors (Lipinski definition) is 3. The van der Waals surface area contributed by atoms with Crippen LogP contribution in [-0.2, 0) is 5.54 Å². The Hall–Kier alpha value is -1.79. The molecule has 0 saturated heterocycles. The number of anilines is 1. The zero-order valence-electron chi connectivity index (χ0n) is 10.1. The Balaban J connectivity index is 2.59. The van der Waals surface area contributed by atoms with Crippen LogP contribution in [0.4, 0.5) is 23.2 Å². The van der Waals surface area contributed by atoms with Crippen molar-refractivity contribution in [3.8, 4) is 0 Å². The van der Waals surface area contributed by atoms with Gasteiger partial charge in [-0.2, -0.15) is 13.2 Å². The van der Waals surface area contributed by atoms with E-state index >= 15 is 0 Å². The fourth-order valence-corrected chi connectivity index (χ4v) is 2.44. The van der Waals surface area contributed by atoms with E-state index in [1.165, 1.54) is 19.1 Å². The fourth-order valence-electron chi connectivity index (χ4n) is 2.44. The van der Waals surface area contributed by atoms with Gasteiger partial charge in [-0.15, -0.1) is 0 Å². The predicted octanol–water partition coefficient (Wildman–Crippen LogP) is 2.56. The zero-order chi connectivity index (χ0) is 14.4. The molecule has 0 fully saturated rings. The topological polar surface area (TPSA) is 64.4 Å². The minimum absolute atomic E-state index is 0.133. The maximum atomic E-state index is 13.8. The SMILES string of the molecule is C[C@]1(c2cc(N)ccc2F)N=C(N)C[C@H]1C(F)(F)F. The molecule has 0 unspecified atom stereocenters. The quantitative estimate of drug-likeness (QED) is 0.611. The number of nitrogens with zero attached hydrogens (tertiary/aromatic N) is 1. The van der Waals surface area contributed by atoms with Gasteiger partial charge in [0.1, 0.15) is 5.82 Å². The molecule has 0 saturated carbocycles. The van der Waals surface area contributed by atoms with Crippen molar-refractivity contribution in [3.63, 3.8) is 0 Å². The van der Waals surface area contributed by atoms with Crippen molar-refractivity contribution in [1.82, 2.24) is 0 Å². The van der Waals surface area contributed by atoms with E-state index in [0.29, 0.717) is 0 Å². The molecule has 1 aliphatic heterocycles. The van der Waals surface area contributed by atoms with Gasteiger partial charge < -0.3 is 11.5 Å². The molecule has 0 spiro atoms. The fraction of sp³-hybridized carbons (Fsp3) is 0.417. The molecule has 7 heteroatoms. The highest BCUT2D eigenvalue weighted by molar-refractivity contribution is 5.83. The third kappa shape index (κ3) is 2.24. The van der Waals surface area contributed by atoms with Crippen LogP contribution in [-0.4, -0.2) is 12.0 Å². The molecule has 3 nitrogen and oxygen atoms in total. The summed E-state index contributed by atoms with van der Waals surface area (Å²) >= 11 is 0. The number of rotatable bonds is 1. The van der Waals surface area contributed by atoms with Crippen LogP contribution in [0.1, 0.15) is 18.9 Å². The highest BCUT2D eigenvalue weighted by atomic mass is 19.4. The van der Waals surface area contributed by atoms with Crippen LogP contribution in [0.2, 0.25) is 0 Å². The van der Waals surface area contributed by atoms with Crippen molar-refractivity contribution >= 4 is 11.5 Å². The number of hydrogen-bond donors (Lipinski definition) is 2. The lowest BCUT2D eigenvalue weighted by Crippen LogP contribution is -2.38. The van der Waals surface area contributed by atoms with Gasteiger partial charge in [0, 0.05) is 17.7 Å². The van der Waals surface area contributed by atoms with Crippen molar-refractivity contribution in [2.24, 2.45) is 16.6 Å². The second-order valence-corrected chi connectivity index (χ2v) is 4.79. The third-order valence-electron chi connectivity index (χ3n) is 3.40. The number of aliphatic imine (C=N–C) groups is 1. The van der Waals surface area contributed by atoms with Crippen molar-refractivity contribution in [2.75, 3.05) is 5.73 Å². The highest BCUT2D eigenvalue weighted by Gasteiger charge is 2.56. The minimum atomic E-state index is -4.52. The van der Waals surface area contributed by atoms with E-state index in [4.69, 9.17) is 11.5 Å². The lowest BCUT2D eigenvalue weighted by Gasteiger charge is -2.31. The van der Waals surface area contributed by atoms with E-state index < -0.39 is 29.9 Å². The highest BCUT2D eigenvalue weighted by Crippen LogP contribution is 2.49. The number of halogens is 4. The zero-order valence-corrected chi connectivity index (χ0v) is 10.1. The smallest absolute Gasteiger partial charge is 0.394 e. The molecule has 2 atom stereocenters. The van der Waals surface area contributed by atoms with Gasteiger partial charge in [0.25, 0.3) is 0 Å². The summed E-state index contributed by atoms with van der Waals surface area (Å²) in [6.45, 7) is 1.23. The molecular weight excluding hydrogens is 262 g/mol. The standard InChI is InChI=1S/C12H13F4N3/c1-11(7-4-6(17)2-3-8(7)13)9(12(14,15)16)5-10(18)19-11/h2-4,9H,5,17H2,1H3,(H2,18,19)/t9-,11-/m1/s1. The predicted molar refractivity (Wildman–Crippen MR) is 63.9 cm³/mol. The van der Waals surface area contributed by atoms with E-state index in [0.717, 1.165) is 6.07 Å². The molecule has 19 heavy (non-hydrogen) atoms. The number of benzene rings is 1. The normalized spacial score (nSPS) is 27.4. The molecule has 0 aliphatic carbocycles.